The third-order valence-electron chi connectivity index (χ3n) is 5.28. The number of hydrogen-bond donors (Lipinski definition) is 0. The Labute approximate surface area is 215 Å². The van der Waals surface area contributed by atoms with Gasteiger partial charge in [0.2, 0.25) is 5.88 Å². The van der Waals surface area contributed by atoms with Gasteiger partial charge in [-0.3, -0.25) is 0 Å². The first-order valence-electron chi connectivity index (χ1n) is 10.4. The van der Waals surface area contributed by atoms with Crippen molar-refractivity contribution in [3.63, 3.8) is 0 Å². The summed E-state index contributed by atoms with van der Waals surface area (Å²) in [5.41, 5.74) is 3.61. The van der Waals surface area contributed by atoms with Gasteiger partial charge in [-0.25, -0.2) is 4.98 Å². The minimum Gasteiger partial charge on any atom is -0.550 e. The summed E-state index contributed by atoms with van der Waals surface area (Å²) >= 11 is 0. The summed E-state index contributed by atoms with van der Waals surface area (Å²) in [4.78, 5) is 15.3. The Balaban J connectivity index is 0.00000306. The number of ether oxygens (including phenoxy) is 4. The quantitative estimate of drug-likeness (QED) is 0.432. The Kier molecular flexibility index (Phi) is 8.74. The molecular formula is C25H24NNaO6. The molecule has 0 unspecified atom stereocenters. The van der Waals surface area contributed by atoms with Gasteiger partial charge in [0.15, 0.2) is 6.10 Å². The van der Waals surface area contributed by atoms with Crippen LogP contribution in [0.1, 0.15) is 36.7 Å². The number of aromatic nitrogens is 1. The average Bonchev–Trinajstić information content (AvgIpc) is 3.22. The van der Waals surface area contributed by atoms with Crippen molar-refractivity contribution in [1.82, 2.24) is 4.98 Å². The van der Waals surface area contributed by atoms with E-state index in [9.17, 15) is 9.90 Å². The number of fused-ring (bicyclic) bond motifs is 1. The molecule has 33 heavy (non-hydrogen) atoms. The Bertz CT molecular complexity index is 1070. The molecule has 0 amide bonds. The molecule has 0 saturated heterocycles. The number of benzene rings is 2. The van der Waals surface area contributed by atoms with Crippen molar-refractivity contribution < 1.29 is 58.4 Å². The molecule has 166 valence electrons. The summed E-state index contributed by atoms with van der Waals surface area (Å²) in [6.45, 7) is 2.63. The van der Waals surface area contributed by atoms with Gasteiger partial charge in [0, 0.05) is 48.0 Å². The Morgan fingerprint density at radius 3 is 2.61 bits per heavy atom. The standard InChI is InChI=1S/C25H25NO6.Na/c1-3-30-21(13-24(27)28)16-7-10-18(11-8-16)32-22-15-31-25-19(5-4-6-20(22)25)17-9-12-23(29-2)26-14-17;/h4-12,14,21-22H,3,13,15H2,1-2H3,(H,27,28);/q;+1/p-1/t21-,22+;/m0./s1. The van der Waals surface area contributed by atoms with E-state index in [0.29, 0.717) is 24.8 Å². The molecule has 0 N–H and O–H groups in total. The number of aliphatic carboxylic acids is 1. The molecule has 0 radical (unpaired) electrons. The molecule has 4 rings (SSSR count). The fourth-order valence-corrected chi connectivity index (χ4v) is 3.75. The van der Waals surface area contributed by atoms with Crippen LogP contribution in [0.15, 0.2) is 60.8 Å². The number of nitrogens with zero attached hydrogens (tertiary/aromatic N) is 1. The zero-order valence-electron chi connectivity index (χ0n) is 18.9. The second-order valence-corrected chi connectivity index (χ2v) is 7.32. The van der Waals surface area contributed by atoms with Crippen LogP contribution in [0, 0.1) is 0 Å². The fraction of sp³-hybridized carbons (Fsp3) is 0.280. The number of rotatable bonds is 9. The summed E-state index contributed by atoms with van der Waals surface area (Å²) in [6.07, 6.45) is 0.760. The maximum Gasteiger partial charge on any atom is 1.00 e. The number of hydrogen-bond acceptors (Lipinski definition) is 7. The van der Waals surface area contributed by atoms with E-state index in [-0.39, 0.29) is 42.1 Å². The monoisotopic (exact) mass is 457 g/mol. The van der Waals surface area contributed by atoms with Crippen molar-refractivity contribution >= 4 is 5.97 Å². The minimum absolute atomic E-state index is 0. The van der Waals surface area contributed by atoms with E-state index in [4.69, 9.17) is 18.9 Å². The smallest absolute Gasteiger partial charge is 0.550 e. The summed E-state index contributed by atoms with van der Waals surface area (Å²) in [5, 5.41) is 11.0. The van der Waals surface area contributed by atoms with E-state index in [1.807, 2.05) is 61.5 Å². The number of carbonyl (C=O) groups is 1. The van der Waals surface area contributed by atoms with Crippen LogP contribution in [0.4, 0.5) is 0 Å². The van der Waals surface area contributed by atoms with Gasteiger partial charge >= 0.3 is 29.6 Å². The average molecular weight is 457 g/mol. The van der Waals surface area contributed by atoms with Crippen molar-refractivity contribution in [3.8, 4) is 28.5 Å². The number of carbonyl (C=O) groups excluding carboxylic acids is 1. The molecule has 2 heterocycles. The van der Waals surface area contributed by atoms with Crippen LogP contribution in [-0.4, -0.2) is 31.3 Å². The van der Waals surface area contributed by atoms with Gasteiger partial charge in [-0.05, 0) is 30.7 Å². The molecule has 0 saturated carbocycles. The molecule has 1 aromatic heterocycles. The second kappa shape index (κ2) is 11.5. The molecule has 8 heteroatoms. The maximum absolute atomic E-state index is 11.0. The molecule has 3 aromatic rings. The van der Waals surface area contributed by atoms with Gasteiger partial charge in [0.1, 0.15) is 18.1 Å². The van der Waals surface area contributed by atoms with Crippen LogP contribution in [0.3, 0.4) is 0 Å². The van der Waals surface area contributed by atoms with Crippen LogP contribution < -0.4 is 48.9 Å². The SMILES string of the molecule is CCO[C@@H](CC(=O)[O-])c1ccc(O[C@@H]2COc3c(-c4ccc(OC)nc4)cccc32)cc1.[Na+]. The predicted molar refractivity (Wildman–Crippen MR) is 116 cm³/mol. The van der Waals surface area contributed by atoms with Crippen molar-refractivity contribution in [3.05, 3.63) is 71.9 Å². The van der Waals surface area contributed by atoms with Gasteiger partial charge in [-0.15, -0.1) is 0 Å². The molecule has 0 aliphatic carbocycles. The van der Waals surface area contributed by atoms with Crippen LogP contribution in [0.5, 0.6) is 17.4 Å². The molecule has 1 aliphatic heterocycles. The summed E-state index contributed by atoms with van der Waals surface area (Å²) in [6, 6.07) is 17.0. The first-order valence-corrected chi connectivity index (χ1v) is 10.4. The van der Waals surface area contributed by atoms with Gasteiger partial charge in [-0.2, -0.15) is 0 Å². The fourth-order valence-electron chi connectivity index (χ4n) is 3.75. The zero-order valence-corrected chi connectivity index (χ0v) is 20.9. The topological polar surface area (TPSA) is 89.9 Å². The Morgan fingerprint density at radius 2 is 1.97 bits per heavy atom. The summed E-state index contributed by atoms with van der Waals surface area (Å²) in [5.74, 6) is 0.853. The molecular weight excluding hydrogens is 433 g/mol. The third-order valence-corrected chi connectivity index (χ3v) is 5.28. The van der Waals surface area contributed by atoms with Gasteiger partial charge in [-0.1, -0.05) is 30.3 Å². The Morgan fingerprint density at radius 1 is 1.18 bits per heavy atom. The van der Waals surface area contributed by atoms with Crippen molar-refractivity contribution in [2.24, 2.45) is 0 Å². The molecule has 2 aromatic carbocycles. The van der Waals surface area contributed by atoms with Gasteiger partial charge in [0.05, 0.1) is 13.2 Å². The third kappa shape index (κ3) is 5.86. The van der Waals surface area contributed by atoms with E-state index in [1.54, 1.807) is 13.3 Å². The second-order valence-electron chi connectivity index (χ2n) is 7.32. The number of methoxy groups -OCH3 is 1. The van der Waals surface area contributed by atoms with E-state index in [1.165, 1.54) is 0 Å². The van der Waals surface area contributed by atoms with E-state index >= 15 is 0 Å². The van der Waals surface area contributed by atoms with Crippen LogP contribution >= 0.6 is 0 Å². The number of pyridine rings is 1. The molecule has 7 nitrogen and oxygen atoms in total. The summed E-state index contributed by atoms with van der Waals surface area (Å²) < 4.78 is 22.8. The molecule has 0 fully saturated rings. The number of para-hydroxylation sites is 1. The van der Waals surface area contributed by atoms with E-state index < -0.39 is 12.1 Å². The van der Waals surface area contributed by atoms with Crippen LogP contribution in [-0.2, 0) is 9.53 Å². The van der Waals surface area contributed by atoms with Gasteiger partial charge < -0.3 is 28.8 Å². The van der Waals surface area contributed by atoms with Crippen molar-refractivity contribution in [2.75, 3.05) is 20.3 Å². The first-order chi connectivity index (χ1) is 15.6. The molecule has 0 bridgehead atoms. The Hall–Kier alpha value is -2.58. The first kappa shape index (κ1) is 25.1. The van der Waals surface area contributed by atoms with E-state index in [0.717, 1.165) is 28.0 Å². The van der Waals surface area contributed by atoms with Gasteiger partial charge in [0.25, 0.3) is 0 Å². The molecule has 0 spiro atoms. The number of carboxylic acids is 1. The van der Waals surface area contributed by atoms with Crippen molar-refractivity contribution in [2.45, 2.75) is 25.6 Å². The molecule has 1 aliphatic rings. The van der Waals surface area contributed by atoms with Crippen molar-refractivity contribution in [1.29, 1.82) is 0 Å². The van der Waals surface area contributed by atoms with E-state index in [2.05, 4.69) is 4.98 Å². The summed E-state index contributed by atoms with van der Waals surface area (Å²) in [7, 11) is 1.58. The van der Waals surface area contributed by atoms with Crippen LogP contribution in [0.2, 0.25) is 0 Å². The normalized spacial score (nSPS) is 15.0. The maximum atomic E-state index is 11.0. The predicted octanol–water partition coefficient (Wildman–Crippen LogP) is 0.491. The van der Waals surface area contributed by atoms with Crippen LogP contribution in [0.25, 0.3) is 11.1 Å². The zero-order chi connectivity index (χ0) is 22.5. The number of carboxylic acid groups (broad SMARTS) is 1. The largest absolute Gasteiger partial charge is 1.00 e. The molecule has 2 atom stereocenters. The minimum atomic E-state index is -1.15.